The predicted octanol–water partition coefficient (Wildman–Crippen LogP) is 4.69. The molecule has 1 N–H and O–H groups in total. The summed E-state index contributed by atoms with van der Waals surface area (Å²) in [4.78, 5) is 30.2. The third kappa shape index (κ3) is 6.57. The van der Waals surface area contributed by atoms with Gasteiger partial charge in [0, 0.05) is 38.4 Å². The van der Waals surface area contributed by atoms with E-state index in [0.29, 0.717) is 41.2 Å². The molecule has 10 heteroatoms. The average Bonchev–Trinajstić information content (AvgIpc) is 3.33. The van der Waals surface area contributed by atoms with Crippen LogP contribution in [-0.2, 0) is 11.3 Å². The Kier molecular flexibility index (Phi) is 9.47. The lowest BCUT2D eigenvalue weighted by atomic mass is 10.0. The van der Waals surface area contributed by atoms with E-state index in [9.17, 15) is 9.59 Å². The number of carbonyl (C=O) groups excluding carboxylic acids is 2. The Morgan fingerprint density at radius 3 is 2.39 bits per heavy atom. The summed E-state index contributed by atoms with van der Waals surface area (Å²) in [5, 5.41) is 12.9. The molecule has 0 saturated carbocycles. The van der Waals surface area contributed by atoms with Crippen LogP contribution in [0.3, 0.4) is 0 Å². The van der Waals surface area contributed by atoms with Gasteiger partial charge in [0.2, 0.25) is 5.91 Å². The summed E-state index contributed by atoms with van der Waals surface area (Å²) < 4.78 is 1.91. The van der Waals surface area contributed by atoms with Crippen molar-refractivity contribution in [3.8, 4) is 0 Å². The van der Waals surface area contributed by atoms with E-state index in [1.807, 2.05) is 41.5 Å². The minimum absolute atomic E-state index is 0.0367. The van der Waals surface area contributed by atoms with Gasteiger partial charge in [-0.1, -0.05) is 73.6 Å². The van der Waals surface area contributed by atoms with Crippen molar-refractivity contribution >= 4 is 40.9 Å². The van der Waals surface area contributed by atoms with Crippen LogP contribution in [0.5, 0.6) is 0 Å². The topological polar surface area (TPSA) is 83.4 Å². The fourth-order valence-corrected chi connectivity index (χ4v) is 5.48. The molecule has 0 spiro atoms. The van der Waals surface area contributed by atoms with E-state index < -0.39 is 6.04 Å². The van der Waals surface area contributed by atoms with Crippen molar-refractivity contribution in [2.45, 2.75) is 31.6 Å². The molecule has 0 radical (unpaired) electrons. The smallest absolute Gasteiger partial charge is 0.253 e. The van der Waals surface area contributed by atoms with Gasteiger partial charge in [0.25, 0.3) is 5.91 Å². The number of nitrogens with one attached hydrogen (secondary N) is 1. The van der Waals surface area contributed by atoms with E-state index in [1.54, 1.807) is 30.3 Å². The molecule has 38 heavy (non-hydrogen) atoms. The molecular weight excluding hydrogens is 520 g/mol. The average molecular weight is 553 g/mol. The van der Waals surface area contributed by atoms with E-state index in [-0.39, 0.29) is 23.5 Å². The number of benzene rings is 2. The molecule has 2 aromatic carbocycles. The number of para-hydroxylation sites is 1. The van der Waals surface area contributed by atoms with E-state index in [2.05, 4.69) is 39.1 Å². The van der Waals surface area contributed by atoms with Crippen LogP contribution in [0.2, 0.25) is 5.02 Å². The van der Waals surface area contributed by atoms with Gasteiger partial charge in [-0.15, -0.1) is 16.8 Å². The van der Waals surface area contributed by atoms with Crippen LogP contribution in [0.15, 0.2) is 72.4 Å². The maximum atomic E-state index is 13.0. The molecule has 1 aromatic heterocycles. The summed E-state index contributed by atoms with van der Waals surface area (Å²) in [7, 11) is 0. The zero-order valence-electron chi connectivity index (χ0n) is 21.7. The summed E-state index contributed by atoms with van der Waals surface area (Å²) in [5.41, 5.74) is 1.59. The Morgan fingerprint density at radius 1 is 1.05 bits per heavy atom. The summed E-state index contributed by atoms with van der Waals surface area (Å²) >= 11 is 7.59. The highest BCUT2D eigenvalue weighted by Crippen LogP contribution is 2.27. The van der Waals surface area contributed by atoms with E-state index in [1.165, 1.54) is 17.4 Å². The summed E-state index contributed by atoms with van der Waals surface area (Å²) in [6, 6.07) is 16.8. The molecule has 0 aliphatic carbocycles. The van der Waals surface area contributed by atoms with Crippen molar-refractivity contribution in [2.75, 3.05) is 36.8 Å². The molecule has 0 bridgehead atoms. The highest BCUT2D eigenvalue weighted by molar-refractivity contribution is 7.99. The number of allylic oxidation sites excluding steroid dienone is 1. The first-order chi connectivity index (χ1) is 18.4. The van der Waals surface area contributed by atoms with Gasteiger partial charge in [0.1, 0.15) is 0 Å². The molecule has 8 nitrogen and oxygen atoms in total. The number of halogens is 1. The fourth-order valence-electron chi connectivity index (χ4n) is 4.40. The fraction of sp³-hybridized carbons (Fsp3) is 0.357. The van der Waals surface area contributed by atoms with Gasteiger partial charge in [0.15, 0.2) is 11.0 Å². The molecule has 2 heterocycles. The van der Waals surface area contributed by atoms with Crippen molar-refractivity contribution in [1.29, 1.82) is 0 Å². The third-order valence-corrected chi connectivity index (χ3v) is 7.77. The first-order valence-electron chi connectivity index (χ1n) is 12.7. The Balaban J connectivity index is 1.41. The Morgan fingerprint density at radius 2 is 1.74 bits per heavy atom. The van der Waals surface area contributed by atoms with Crippen molar-refractivity contribution in [1.82, 2.24) is 25.0 Å². The lowest BCUT2D eigenvalue weighted by Crippen LogP contribution is -2.49. The molecule has 1 aliphatic heterocycles. The molecule has 1 aliphatic rings. The number of thioether (sulfide) groups is 1. The SMILES string of the molecule is C=CCn1c(SCC(=O)N2CCN(c3ccccc3)CC2)nnc1[C@@H](NC(=O)c1ccccc1Cl)C(C)C. The number of amides is 2. The number of carbonyl (C=O) groups is 2. The molecule has 4 rings (SSSR count). The van der Waals surface area contributed by atoms with Gasteiger partial charge < -0.3 is 19.7 Å². The zero-order chi connectivity index (χ0) is 27.1. The van der Waals surface area contributed by atoms with Crippen molar-refractivity contribution < 1.29 is 9.59 Å². The molecule has 2 amide bonds. The predicted molar refractivity (Wildman–Crippen MR) is 153 cm³/mol. The first kappa shape index (κ1) is 27.7. The number of nitrogens with zero attached hydrogens (tertiary/aromatic N) is 5. The normalized spacial score (nSPS) is 14.4. The number of hydrogen-bond acceptors (Lipinski definition) is 6. The van der Waals surface area contributed by atoms with E-state index in [4.69, 9.17) is 11.6 Å². The minimum Gasteiger partial charge on any atom is -0.368 e. The lowest BCUT2D eigenvalue weighted by molar-refractivity contribution is -0.128. The molecular formula is C28H33ClN6O2S. The number of piperazine rings is 1. The summed E-state index contributed by atoms with van der Waals surface area (Å²) in [5.74, 6) is 0.714. The van der Waals surface area contributed by atoms with Crippen LogP contribution in [0.1, 0.15) is 36.1 Å². The number of anilines is 1. The molecule has 1 fully saturated rings. The molecule has 200 valence electrons. The second kappa shape index (κ2) is 13.0. The Hall–Kier alpha value is -3.30. The van der Waals surface area contributed by atoms with Gasteiger partial charge in [-0.05, 0) is 30.2 Å². The van der Waals surface area contributed by atoms with Gasteiger partial charge in [-0.2, -0.15) is 0 Å². The molecule has 0 unspecified atom stereocenters. The van der Waals surface area contributed by atoms with Gasteiger partial charge in [-0.25, -0.2) is 0 Å². The first-order valence-corrected chi connectivity index (χ1v) is 14.0. The summed E-state index contributed by atoms with van der Waals surface area (Å²) in [6.07, 6.45) is 1.76. The maximum absolute atomic E-state index is 13.0. The molecule has 1 saturated heterocycles. The second-order valence-corrected chi connectivity index (χ2v) is 10.8. The van der Waals surface area contributed by atoms with Crippen LogP contribution in [0.25, 0.3) is 0 Å². The molecule has 3 aromatic rings. The number of rotatable bonds is 10. The van der Waals surface area contributed by atoms with Crippen molar-refractivity contribution in [3.05, 3.63) is 83.7 Å². The Bertz CT molecular complexity index is 1260. The minimum atomic E-state index is -0.401. The van der Waals surface area contributed by atoms with Gasteiger partial charge in [0.05, 0.1) is 22.4 Å². The van der Waals surface area contributed by atoms with Gasteiger partial charge >= 0.3 is 0 Å². The van der Waals surface area contributed by atoms with Crippen LogP contribution in [0.4, 0.5) is 5.69 Å². The van der Waals surface area contributed by atoms with Crippen LogP contribution < -0.4 is 10.2 Å². The zero-order valence-corrected chi connectivity index (χ0v) is 23.3. The number of aromatic nitrogens is 3. The van der Waals surface area contributed by atoms with E-state index >= 15 is 0 Å². The van der Waals surface area contributed by atoms with E-state index in [0.717, 1.165) is 13.1 Å². The van der Waals surface area contributed by atoms with Crippen LogP contribution in [0, 0.1) is 5.92 Å². The largest absolute Gasteiger partial charge is 0.368 e. The van der Waals surface area contributed by atoms with Gasteiger partial charge in [-0.3, -0.25) is 9.59 Å². The maximum Gasteiger partial charge on any atom is 0.253 e. The highest BCUT2D eigenvalue weighted by Gasteiger charge is 2.28. The monoisotopic (exact) mass is 552 g/mol. The standard InChI is InChI=1S/C28H33ClN6O2S/c1-4-14-35-26(25(20(2)3)30-27(37)22-12-8-9-13-23(22)29)31-32-28(35)38-19-24(36)34-17-15-33(16-18-34)21-10-6-5-7-11-21/h4-13,20,25H,1,14-19H2,2-3H3,(H,30,37)/t25-/m0/s1. The highest BCUT2D eigenvalue weighted by atomic mass is 35.5. The summed E-state index contributed by atoms with van der Waals surface area (Å²) in [6.45, 7) is 11.3. The van der Waals surface area contributed by atoms with Crippen LogP contribution >= 0.6 is 23.4 Å². The quantitative estimate of drug-likeness (QED) is 0.290. The Labute approximate surface area is 233 Å². The number of hydrogen-bond donors (Lipinski definition) is 1. The van der Waals surface area contributed by atoms with Crippen molar-refractivity contribution in [3.63, 3.8) is 0 Å². The molecule has 1 atom stereocenters. The van der Waals surface area contributed by atoms with Crippen LogP contribution in [-0.4, -0.2) is 63.4 Å². The lowest BCUT2D eigenvalue weighted by Gasteiger charge is -2.36. The third-order valence-electron chi connectivity index (χ3n) is 6.49. The second-order valence-electron chi connectivity index (χ2n) is 9.41. The van der Waals surface area contributed by atoms with Crippen molar-refractivity contribution in [2.24, 2.45) is 5.92 Å².